The first-order valence-corrected chi connectivity index (χ1v) is 7.89. The molecule has 1 aromatic rings. The van der Waals surface area contributed by atoms with Gasteiger partial charge in [-0.1, -0.05) is 31.7 Å². The second-order valence-electron chi connectivity index (χ2n) is 5.83. The number of nitrogens with one attached hydrogen (secondary N) is 2. The van der Waals surface area contributed by atoms with Gasteiger partial charge in [0.1, 0.15) is 0 Å². The van der Waals surface area contributed by atoms with Gasteiger partial charge < -0.3 is 10.6 Å². The molecule has 0 amide bonds. The third-order valence-electron chi connectivity index (χ3n) is 4.16. The van der Waals surface area contributed by atoms with Gasteiger partial charge in [-0.3, -0.25) is 10.1 Å². The van der Waals surface area contributed by atoms with Crippen LogP contribution in [0.2, 0.25) is 0 Å². The Morgan fingerprint density at radius 2 is 1.90 bits per heavy atom. The number of nitro groups is 1. The van der Waals surface area contributed by atoms with Gasteiger partial charge in [-0.2, -0.15) is 0 Å². The molecule has 0 heterocycles. The molecule has 0 bridgehead atoms. The lowest BCUT2D eigenvalue weighted by Crippen LogP contribution is -2.32. The Morgan fingerprint density at radius 1 is 1.19 bits per heavy atom. The van der Waals surface area contributed by atoms with Crippen LogP contribution in [-0.4, -0.2) is 24.1 Å². The van der Waals surface area contributed by atoms with Gasteiger partial charge in [0.05, 0.1) is 4.92 Å². The molecule has 1 aromatic carbocycles. The fourth-order valence-electron chi connectivity index (χ4n) is 2.87. The number of nitro benzene ring substituents is 1. The van der Waals surface area contributed by atoms with Gasteiger partial charge in [0.25, 0.3) is 5.69 Å². The van der Waals surface area contributed by atoms with Crippen molar-refractivity contribution in [2.75, 3.05) is 18.4 Å². The molecule has 1 fully saturated rings. The highest BCUT2D eigenvalue weighted by Crippen LogP contribution is 2.21. The van der Waals surface area contributed by atoms with E-state index in [1.54, 1.807) is 18.2 Å². The maximum Gasteiger partial charge on any atom is 0.271 e. The SMILES string of the molecule is Cc1ccc([N+](=O)[O-])cc1NCCNC1CCCCCC1. The fourth-order valence-corrected chi connectivity index (χ4v) is 2.87. The summed E-state index contributed by atoms with van der Waals surface area (Å²) in [7, 11) is 0. The van der Waals surface area contributed by atoms with Gasteiger partial charge in [0.2, 0.25) is 0 Å². The van der Waals surface area contributed by atoms with Crippen molar-refractivity contribution in [2.24, 2.45) is 0 Å². The Kier molecular flexibility index (Phi) is 5.99. The Balaban J connectivity index is 1.77. The molecule has 0 atom stereocenters. The number of aryl methyl sites for hydroxylation is 1. The highest BCUT2D eigenvalue weighted by Gasteiger charge is 2.11. The zero-order valence-corrected chi connectivity index (χ0v) is 12.7. The lowest BCUT2D eigenvalue weighted by atomic mass is 10.1. The third kappa shape index (κ3) is 5.01. The molecule has 1 saturated carbocycles. The number of anilines is 1. The number of non-ortho nitro benzene ring substituents is 1. The van der Waals surface area contributed by atoms with E-state index in [-0.39, 0.29) is 10.6 Å². The molecule has 5 heteroatoms. The highest BCUT2D eigenvalue weighted by atomic mass is 16.6. The molecule has 0 spiro atoms. The van der Waals surface area contributed by atoms with Crippen molar-refractivity contribution in [2.45, 2.75) is 51.5 Å². The van der Waals surface area contributed by atoms with Crippen molar-refractivity contribution in [1.29, 1.82) is 0 Å². The van der Waals surface area contributed by atoms with Crippen LogP contribution in [0.1, 0.15) is 44.1 Å². The van der Waals surface area contributed by atoms with Crippen LogP contribution in [-0.2, 0) is 0 Å². The molecule has 21 heavy (non-hydrogen) atoms. The second kappa shape index (κ2) is 7.98. The van der Waals surface area contributed by atoms with E-state index in [1.807, 2.05) is 6.92 Å². The molecular weight excluding hydrogens is 266 g/mol. The Morgan fingerprint density at radius 3 is 2.57 bits per heavy atom. The maximum atomic E-state index is 10.8. The largest absolute Gasteiger partial charge is 0.383 e. The monoisotopic (exact) mass is 291 g/mol. The van der Waals surface area contributed by atoms with Crippen molar-refractivity contribution < 1.29 is 4.92 Å². The van der Waals surface area contributed by atoms with Crippen LogP contribution in [0.3, 0.4) is 0 Å². The first-order valence-electron chi connectivity index (χ1n) is 7.89. The second-order valence-corrected chi connectivity index (χ2v) is 5.83. The molecule has 116 valence electrons. The van der Waals surface area contributed by atoms with E-state index in [1.165, 1.54) is 38.5 Å². The predicted molar refractivity (Wildman–Crippen MR) is 85.8 cm³/mol. The van der Waals surface area contributed by atoms with Gasteiger partial charge in [0, 0.05) is 37.0 Å². The molecule has 0 aromatic heterocycles. The van der Waals surface area contributed by atoms with Crippen molar-refractivity contribution in [1.82, 2.24) is 5.32 Å². The number of nitrogens with zero attached hydrogens (tertiary/aromatic N) is 1. The minimum absolute atomic E-state index is 0.139. The van der Waals surface area contributed by atoms with E-state index in [4.69, 9.17) is 0 Å². The number of benzene rings is 1. The van der Waals surface area contributed by atoms with Crippen LogP contribution >= 0.6 is 0 Å². The molecule has 0 aliphatic heterocycles. The summed E-state index contributed by atoms with van der Waals surface area (Å²) in [5.74, 6) is 0. The van der Waals surface area contributed by atoms with Crippen molar-refractivity contribution in [3.8, 4) is 0 Å². The number of rotatable bonds is 6. The summed E-state index contributed by atoms with van der Waals surface area (Å²) in [6, 6.07) is 5.59. The topological polar surface area (TPSA) is 67.2 Å². The van der Waals surface area contributed by atoms with Gasteiger partial charge in [-0.05, 0) is 25.3 Å². The summed E-state index contributed by atoms with van der Waals surface area (Å²) >= 11 is 0. The zero-order valence-electron chi connectivity index (χ0n) is 12.7. The normalized spacial score (nSPS) is 16.4. The van der Waals surface area contributed by atoms with Crippen molar-refractivity contribution in [3.63, 3.8) is 0 Å². The Bertz CT molecular complexity index is 469. The van der Waals surface area contributed by atoms with Crippen LogP contribution in [0, 0.1) is 17.0 Å². The Labute approximate surface area is 126 Å². The maximum absolute atomic E-state index is 10.8. The van der Waals surface area contributed by atoms with E-state index in [0.717, 1.165) is 24.3 Å². The summed E-state index contributed by atoms with van der Waals surface area (Å²) in [6.07, 6.45) is 7.93. The average molecular weight is 291 g/mol. The minimum Gasteiger partial charge on any atom is -0.383 e. The van der Waals surface area contributed by atoms with E-state index < -0.39 is 0 Å². The molecule has 2 rings (SSSR count). The zero-order chi connectivity index (χ0) is 15.1. The van der Waals surface area contributed by atoms with Gasteiger partial charge in [-0.15, -0.1) is 0 Å². The lowest BCUT2D eigenvalue weighted by molar-refractivity contribution is -0.384. The fraction of sp³-hybridized carbons (Fsp3) is 0.625. The lowest BCUT2D eigenvalue weighted by Gasteiger charge is -2.17. The number of hydrogen-bond acceptors (Lipinski definition) is 4. The summed E-state index contributed by atoms with van der Waals surface area (Å²) in [5, 5.41) is 17.7. The van der Waals surface area contributed by atoms with Crippen LogP contribution in [0.25, 0.3) is 0 Å². The molecule has 1 aliphatic rings. The summed E-state index contributed by atoms with van der Waals surface area (Å²) in [5.41, 5.74) is 2.03. The molecule has 0 unspecified atom stereocenters. The van der Waals surface area contributed by atoms with Gasteiger partial charge >= 0.3 is 0 Å². The molecule has 0 radical (unpaired) electrons. The molecular formula is C16H25N3O2. The minimum atomic E-state index is -0.353. The molecule has 5 nitrogen and oxygen atoms in total. The molecule has 2 N–H and O–H groups in total. The third-order valence-corrected chi connectivity index (χ3v) is 4.16. The van der Waals surface area contributed by atoms with Gasteiger partial charge in [-0.25, -0.2) is 0 Å². The van der Waals surface area contributed by atoms with Crippen LogP contribution in [0.5, 0.6) is 0 Å². The van der Waals surface area contributed by atoms with E-state index in [2.05, 4.69) is 10.6 Å². The average Bonchev–Trinajstić information content (AvgIpc) is 2.73. The van der Waals surface area contributed by atoms with E-state index in [0.29, 0.717) is 6.04 Å². The van der Waals surface area contributed by atoms with E-state index >= 15 is 0 Å². The smallest absolute Gasteiger partial charge is 0.271 e. The van der Waals surface area contributed by atoms with E-state index in [9.17, 15) is 10.1 Å². The van der Waals surface area contributed by atoms with Crippen LogP contribution in [0.4, 0.5) is 11.4 Å². The predicted octanol–water partition coefficient (Wildman–Crippen LogP) is 3.63. The first-order chi connectivity index (χ1) is 10.2. The Hall–Kier alpha value is -1.62. The van der Waals surface area contributed by atoms with Crippen molar-refractivity contribution >= 4 is 11.4 Å². The summed E-state index contributed by atoms with van der Waals surface area (Å²) in [6.45, 7) is 3.65. The van der Waals surface area contributed by atoms with Crippen molar-refractivity contribution in [3.05, 3.63) is 33.9 Å². The van der Waals surface area contributed by atoms with Gasteiger partial charge in [0.15, 0.2) is 0 Å². The summed E-state index contributed by atoms with van der Waals surface area (Å²) < 4.78 is 0. The first kappa shape index (κ1) is 15.8. The van der Waals surface area contributed by atoms with Crippen LogP contribution in [0.15, 0.2) is 18.2 Å². The number of hydrogen-bond donors (Lipinski definition) is 2. The molecule has 1 aliphatic carbocycles. The summed E-state index contributed by atoms with van der Waals surface area (Å²) in [4.78, 5) is 10.4. The quantitative estimate of drug-likeness (QED) is 0.363. The van der Waals surface area contributed by atoms with Crippen LogP contribution < -0.4 is 10.6 Å². The highest BCUT2D eigenvalue weighted by molar-refractivity contribution is 5.56. The standard InChI is InChI=1S/C16H25N3O2/c1-13-8-9-15(19(20)21)12-16(13)18-11-10-17-14-6-4-2-3-5-7-14/h8-9,12,14,17-18H,2-7,10-11H2,1H3. The molecule has 0 saturated heterocycles.